The molecule has 0 saturated heterocycles. The van der Waals surface area contributed by atoms with Gasteiger partial charge in [-0.05, 0) is 18.2 Å². The molecule has 0 spiro atoms. The highest BCUT2D eigenvalue weighted by atomic mass is 32.2. The molecule has 1 aliphatic carbocycles. The maximum Gasteiger partial charge on any atom is 0.233 e. The third kappa shape index (κ3) is 1.59. The minimum absolute atomic E-state index is 0.0714. The molecule has 82 valence electrons. The molecule has 0 radical (unpaired) electrons. The zero-order chi connectivity index (χ0) is 11.9. The van der Waals surface area contributed by atoms with E-state index in [-0.39, 0.29) is 10.5 Å². The molecule has 0 unspecified atom stereocenters. The van der Waals surface area contributed by atoms with E-state index in [9.17, 15) is 18.0 Å². The number of carbonyl (C=O) groups is 2. The van der Waals surface area contributed by atoms with Crippen molar-refractivity contribution in [2.45, 2.75) is 4.90 Å². The van der Waals surface area contributed by atoms with Crippen LogP contribution < -0.4 is 0 Å². The molecule has 16 heavy (non-hydrogen) atoms. The standard InChI is InChI=1S/C11H8O4S/c1-16(14,15)10-4-2-3-8-7(10)5-6-9(12)11(8)13/h2-6H,1H3. The minimum atomic E-state index is -3.40. The number of hydrogen-bond donors (Lipinski definition) is 0. The second kappa shape index (κ2) is 3.38. The Morgan fingerprint density at radius 3 is 2.38 bits per heavy atom. The van der Waals surface area contributed by atoms with E-state index in [1.165, 1.54) is 24.3 Å². The van der Waals surface area contributed by atoms with Gasteiger partial charge in [0.05, 0.1) is 4.90 Å². The first-order chi connectivity index (χ1) is 7.41. The molecule has 1 aliphatic rings. The summed E-state index contributed by atoms with van der Waals surface area (Å²) in [5.74, 6) is -1.29. The average molecular weight is 236 g/mol. The molecule has 0 heterocycles. The second-order valence-corrected chi connectivity index (χ2v) is 5.50. The number of benzene rings is 1. The van der Waals surface area contributed by atoms with Crippen LogP contribution in [0.4, 0.5) is 0 Å². The van der Waals surface area contributed by atoms with Gasteiger partial charge in [-0.2, -0.15) is 0 Å². The molecule has 0 amide bonds. The van der Waals surface area contributed by atoms with Gasteiger partial charge in [0.1, 0.15) is 0 Å². The van der Waals surface area contributed by atoms with Crippen LogP contribution in [0, 0.1) is 0 Å². The van der Waals surface area contributed by atoms with Gasteiger partial charge in [0.25, 0.3) is 0 Å². The molecule has 0 saturated carbocycles. The zero-order valence-corrected chi connectivity index (χ0v) is 9.24. The number of rotatable bonds is 1. The molecule has 0 fully saturated rings. The second-order valence-electron chi connectivity index (χ2n) is 3.52. The SMILES string of the molecule is CS(=O)(=O)c1cccc2c1C=CC(=O)C2=O. The predicted octanol–water partition coefficient (Wildman–Crippen LogP) is 0.869. The van der Waals surface area contributed by atoms with Crippen molar-refractivity contribution < 1.29 is 18.0 Å². The van der Waals surface area contributed by atoms with Gasteiger partial charge in [-0.15, -0.1) is 0 Å². The Bertz CT molecular complexity index is 623. The molecular formula is C11H8O4S. The normalized spacial score (nSPS) is 15.1. The quantitative estimate of drug-likeness (QED) is 0.678. The van der Waals surface area contributed by atoms with Crippen LogP contribution in [-0.4, -0.2) is 26.2 Å². The Balaban J connectivity index is 2.80. The lowest BCUT2D eigenvalue weighted by Gasteiger charge is -2.11. The van der Waals surface area contributed by atoms with Crippen LogP contribution in [0.15, 0.2) is 29.2 Å². The van der Waals surface area contributed by atoms with Crippen LogP contribution in [0.25, 0.3) is 6.08 Å². The fourth-order valence-electron chi connectivity index (χ4n) is 1.60. The van der Waals surface area contributed by atoms with Crippen LogP contribution in [-0.2, 0) is 14.6 Å². The van der Waals surface area contributed by atoms with Crippen molar-refractivity contribution in [1.82, 2.24) is 0 Å². The van der Waals surface area contributed by atoms with Gasteiger partial charge in [0.15, 0.2) is 9.84 Å². The molecule has 0 atom stereocenters. The van der Waals surface area contributed by atoms with E-state index in [4.69, 9.17) is 0 Å². The highest BCUT2D eigenvalue weighted by molar-refractivity contribution is 7.90. The van der Waals surface area contributed by atoms with Crippen molar-refractivity contribution in [3.05, 3.63) is 35.4 Å². The van der Waals surface area contributed by atoms with Crippen molar-refractivity contribution in [3.63, 3.8) is 0 Å². The van der Waals surface area contributed by atoms with E-state index >= 15 is 0 Å². The Morgan fingerprint density at radius 1 is 1.06 bits per heavy atom. The summed E-state index contributed by atoms with van der Waals surface area (Å²) in [6, 6.07) is 4.33. The van der Waals surface area contributed by atoms with Crippen LogP contribution in [0.5, 0.6) is 0 Å². The maximum absolute atomic E-state index is 11.5. The number of Topliss-reactive ketones (excluding diaryl/α,β-unsaturated/α-hetero) is 1. The van der Waals surface area contributed by atoms with Gasteiger partial charge in [-0.25, -0.2) is 8.42 Å². The number of hydrogen-bond acceptors (Lipinski definition) is 4. The van der Waals surface area contributed by atoms with Crippen molar-refractivity contribution in [3.8, 4) is 0 Å². The van der Waals surface area contributed by atoms with Crippen LogP contribution in [0.2, 0.25) is 0 Å². The van der Waals surface area contributed by atoms with E-state index in [0.29, 0.717) is 5.56 Å². The lowest BCUT2D eigenvalue weighted by Crippen LogP contribution is -2.18. The summed E-state index contributed by atoms with van der Waals surface area (Å²) in [4.78, 5) is 22.7. The summed E-state index contributed by atoms with van der Waals surface area (Å²) >= 11 is 0. The van der Waals surface area contributed by atoms with Gasteiger partial charge in [-0.1, -0.05) is 12.1 Å². The van der Waals surface area contributed by atoms with Gasteiger partial charge in [0.2, 0.25) is 11.6 Å². The average Bonchev–Trinajstić information content (AvgIpc) is 2.21. The Labute approximate surface area is 92.5 Å². The van der Waals surface area contributed by atoms with Gasteiger partial charge >= 0.3 is 0 Å². The van der Waals surface area contributed by atoms with Gasteiger partial charge < -0.3 is 0 Å². The fourth-order valence-corrected chi connectivity index (χ4v) is 2.51. The Morgan fingerprint density at radius 2 is 1.75 bits per heavy atom. The summed E-state index contributed by atoms with van der Waals surface area (Å²) in [5, 5.41) is 0. The third-order valence-electron chi connectivity index (χ3n) is 2.34. The number of ketones is 2. The molecule has 0 N–H and O–H groups in total. The molecular weight excluding hydrogens is 228 g/mol. The lowest BCUT2D eigenvalue weighted by molar-refractivity contribution is -0.110. The third-order valence-corrected chi connectivity index (χ3v) is 3.49. The highest BCUT2D eigenvalue weighted by Crippen LogP contribution is 2.24. The van der Waals surface area contributed by atoms with E-state index in [1.54, 1.807) is 0 Å². The topological polar surface area (TPSA) is 68.3 Å². The summed E-state index contributed by atoms with van der Waals surface area (Å²) in [6.07, 6.45) is 3.53. The van der Waals surface area contributed by atoms with Crippen molar-refractivity contribution in [1.29, 1.82) is 0 Å². The Hall–Kier alpha value is -1.75. The summed E-state index contributed by atoms with van der Waals surface area (Å²) < 4.78 is 22.9. The van der Waals surface area contributed by atoms with Crippen molar-refractivity contribution in [2.24, 2.45) is 0 Å². The number of sulfone groups is 1. The largest absolute Gasteiger partial charge is 0.286 e. The van der Waals surface area contributed by atoms with E-state index in [0.717, 1.165) is 12.3 Å². The number of allylic oxidation sites excluding steroid dienone is 1. The first-order valence-electron chi connectivity index (χ1n) is 4.51. The summed E-state index contributed by atoms with van der Waals surface area (Å²) in [5.41, 5.74) is 0.449. The van der Waals surface area contributed by atoms with Gasteiger partial charge in [0, 0.05) is 17.4 Å². The predicted molar refractivity (Wildman–Crippen MR) is 57.9 cm³/mol. The van der Waals surface area contributed by atoms with Crippen LogP contribution in [0.3, 0.4) is 0 Å². The van der Waals surface area contributed by atoms with Gasteiger partial charge in [-0.3, -0.25) is 9.59 Å². The minimum Gasteiger partial charge on any atom is -0.286 e. The molecule has 2 rings (SSSR count). The molecule has 0 bridgehead atoms. The van der Waals surface area contributed by atoms with Crippen molar-refractivity contribution >= 4 is 27.5 Å². The molecule has 0 aliphatic heterocycles. The summed E-state index contributed by atoms with van der Waals surface area (Å²) in [7, 11) is -3.40. The van der Waals surface area contributed by atoms with E-state index < -0.39 is 21.4 Å². The summed E-state index contributed by atoms with van der Waals surface area (Å²) in [6.45, 7) is 0. The first-order valence-corrected chi connectivity index (χ1v) is 6.40. The number of carbonyl (C=O) groups excluding carboxylic acids is 2. The molecule has 1 aromatic carbocycles. The van der Waals surface area contributed by atoms with E-state index in [1.807, 2.05) is 0 Å². The lowest BCUT2D eigenvalue weighted by atomic mass is 9.95. The van der Waals surface area contributed by atoms with E-state index in [2.05, 4.69) is 0 Å². The van der Waals surface area contributed by atoms with Crippen LogP contribution >= 0.6 is 0 Å². The molecule has 4 nitrogen and oxygen atoms in total. The number of fused-ring (bicyclic) bond motifs is 1. The Kier molecular flexibility index (Phi) is 2.27. The zero-order valence-electron chi connectivity index (χ0n) is 8.43. The maximum atomic E-state index is 11.5. The monoisotopic (exact) mass is 236 g/mol. The highest BCUT2D eigenvalue weighted by Gasteiger charge is 2.25. The van der Waals surface area contributed by atoms with Crippen LogP contribution in [0.1, 0.15) is 15.9 Å². The smallest absolute Gasteiger partial charge is 0.233 e. The first kappa shape index (κ1) is 10.8. The molecule has 5 heteroatoms. The molecule has 0 aromatic heterocycles. The van der Waals surface area contributed by atoms with Crippen molar-refractivity contribution in [2.75, 3.05) is 6.26 Å². The molecule has 1 aromatic rings. The fraction of sp³-hybridized carbons (Fsp3) is 0.0909.